The molecule has 37 heavy (non-hydrogen) atoms. The van der Waals surface area contributed by atoms with Crippen LogP contribution in [0.3, 0.4) is 0 Å². The fourth-order valence-corrected chi connectivity index (χ4v) is 6.76. The van der Waals surface area contributed by atoms with Crippen molar-refractivity contribution in [3.63, 3.8) is 0 Å². The van der Waals surface area contributed by atoms with Crippen LogP contribution in [0.4, 0.5) is 5.69 Å². The second-order valence-electron chi connectivity index (χ2n) is 12.5. The van der Waals surface area contributed by atoms with E-state index in [1.54, 1.807) is 0 Å². The molecule has 1 fully saturated rings. The Morgan fingerprint density at radius 1 is 1.11 bits per heavy atom. The van der Waals surface area contributed by atoms with E-state index in [4.69, 9.17) is 0 Å². The first kappa shape index (κ1) is 29.3. The Morgan fingerprint density at radius 3 is 2.32 bits per heavy atom. The zero-order valence-electron chi connectivity index (χ0n) is 22.9. The van der Waals surface area contributed by atoms with Crippen molar-refractivity contribution < 1.29 is 29.7 Å². The summed E-state index contributed by atoms with van der Waals surface area (Å²) in [7, 11) is 0. The number of phenols is 1. The van der Waals surface area contributed by atoms with E-state index in [1.165, 1.54) is 6.92 Å². The third-order valence-electron chi connectivity index (χ3n) is 7.81. The van der Waals surface area contributed by atoms with Gasteiger partial charge in [0.05, 0.1) is 24.3 Å². The molecule has 3 rings (SSSR count). The van der Waals surface area contributed by atoms with E-state index >= 15 is 0 Å². The van der Waals surface area contributed by atoms with Gasteiger partial charge in [-0.05, 0) is 90.2 Å². The van der Waals surface area contributed by atoms with E-state index in [2.05, 4.69) is 38.3 Å². The number of aliphatic hydroxyl groups is 2. The maximum absolute atomic E-state index is 13.2. The number of piperidine rings is 1. The number of nitrogens with one attached hydrogen (secondary N) is 2. The van der Waals surface area contributed by atoms with Crippen molar-refractivity contribution >= 4 is 23.0 Å². The normalized spacial score (nSPS) is 22.7. The quantitative estimate of drug-likeness (QED) is 0.223. The number of ketones is 3. The summed E-state index contributed by atoms with van der Waals surface area (Å²) in [4.78, 5) is 37.2. The Balaban J connectivity index is 1.76. The molecule has 1 aliphatic carbocycles. The molecule has 0 bridgehead atoms. The van der Waals surface area contributed by atoms with Gasteiger partial charge in [0.1, 0.15) is 17.3 Å². The SMILES string of the molecule is CC(=O)CC(=O)C(CO)C(CCO)CC1CC(=O)c2c(ccc(NC3CC(C)(C)NC(C)(C)C3)c2O)C1. The summed E-state index contributed by atoms with van der Waals surface area (Å²) in [6.07, 6.45) is 3.08. The van der Waals surface area contributed by atoms with E-state index in [0.717, 1.165) is 18.4 Å². The average molecular weight is 517 g/mol. The Labute approximate surface area is 220 Å². The lowest BCUT2D eigenvalue weighted by molar-refractivity contribution is -0.131. The van der Waals surface area contributed by atoms with Gasteiger partial charge in [0, 0.05) is 36.1 Å². The molecule has 3 atom stereocenters. The number of carbonyl (C=O) groups excluding carboxylic acids is 3. The number of phenolic OH excluding ortho intramolecular Hbond substituents is 1. The zero-order chi connectivity index (χ0) is 27.5. The topological polar surface area (TPSA) is 136 Å². The van der Waals surface area contributed by atoms with E-state index < -0.39 is 12.5 Å². The Morgan fingerprint density at radius 2 is 1.76 bits per heavy atom. The number of anilines is 1. The number of hydrogen-bond donors (Lipinski definition) is 5. The molecule has 206 valence electrons. The van der Waals surface area contributed by atoms with Crippen LogP contribution in [0.5, 0.6) is 5.75 Å². The maximum atomic E-state index is 13.2. The minimum absolute atomic E-state index is 0.00752. The Kier molecular flexibility index (Phi) is 9.19. The minimum atomic E-state index is -0.744. The molecule has 1 heterocycles. The van der Waals surface area contributed by atoms with Gasteiger partial charge < -0.3 is 26.0 Å². The van der Waals surface area contributed by atoms with Gasteiger partial charge in [-0.1, -0.05) is 6.07 Å². The summed E-state index contributed by atoms with van der Waals surface area (Å²) >= 11 is 0. The zero-order valence-corrected chi connectivity index (χ0v) is 22.9. The first-order valence-electron chi connectivity index (χ1n) is 13.4. The van der Waals surface area contributed by atoms with E-state index in [1.807, 2.05) is 12.1 Å². The van der Waals surface area contributed by atoms with Crippen LogP contribution in [0.25, 0.3) is 0 Å². The van der Waals surface area contributed by atoms with Crippen molar-refractivity contribution in [3.8, 4) is 5.75 Å². The largest absolute Gasteiger partial charge is 0.505 e. The number of fused-ring (bicyclic) bond motifs is 1. The van der Waals surface area contributed by atoms with Crippen LogP contribution in [0, 0.1) is 17.8 Å². The molecule has 2 aliphatic rings. The predicted molar refractivity (Wildman–Crippen MR) is 143 cm³/mol. The van der Waals surface area contributed by atoms with Crippen LogP contribution >= 0.6 is 0 Å². The average Bonchev–Trinajstić information content (AvgIpc) is 2.73. The molecule has 3 unspecified atom stereocenters. The predicted octanol–water partition coefficient (Wildman–Crippen LogP) is 3.40. The van der Waals surface area contributed by atoms with Crippen LogP contribution in [0.2, 0.25) is 0 Å². The van der Waals surface area contributed by atoms with Gasteiger partial charge in [0.15, 0.2) is 5.78 Å². The van der Waals surface area contributed by atoms with Gasteiger partial charge in [-0.25, -0.2) is 0 Å². The fourth-order valence-electron chi connectivity index (χ4n) is 6.76. The summed E-state index contributed by atoms with van der Waals surface area (Å²) in [6, 6.07) is 3.87. The van der Waals surface area contributed by atoms with Crippen molar-refractivity contribution in [2.24, 2.45) is 17.8 Å². The van der Waals surface area contributed by atoms with Crippen LogP contribution in [-0.2, 0) is 16.0 Å². The van der Waals surface area contributed by atoms with Crippen LogP contribution < -0.4 is 10.6 Å². The van der Waals surface area contributed by atoms with Crippen LogP contribution in [0.15, 0.2) is 12.1 Å². The number of aromatic hydroxyl groups is 1. The first-order chi connectivity index (χ1) is 17.2. The molecule has 0 radical (unpaired) electrons. The molecule has 8 nitrogen and oxygen atoms in total. The highest BCUT2D eigenvalue weighted by molar-refractivity contribution is 6.03. The Hall–Kier alpha value is -2.29. The second kappa shape index (κ2) is 11.6. The van der Waals surface area contributed by atoms with Crippen molar-refractivity contribution in [3.05, 3.63) is 23.3 Å². The van der Waals surface area contributed by atoms with Gasteiger partial charge in [0.25, 0.3) is 0 Å². The third-order valence-corrected chi connectivity index (χ3v) is 7.81. The first-order valence-corrected chi connectivity index (χ1v) is 13.4. The lowest BCUT2D eigenvalue weighted by atomic mass is 9.73. The molecule has 1 saturated heterocycles. The smallest absolute Gasteiger partial charge is 0.167 e. The lowest BCUT2D eigenvalue weighted by Crippen LogP contribution is -2.60. The van der Waals surface area contributed by atoms with Crippen molar-refractivity contribution in [1.29, 1.82) is 0 Å². The highest BCUT2D eigenvalue weighted by Crippen LogP contribution is 2.41. The standard InChI is InChI=1S/C29H44N2O6/c1-17(34)10-24(35)22(16-33)19(8-9-32)11-18-12-20-6-7-23(27(37)26(20)25(36)13-18)30-21-14-28(2,3)31-29(4,5)15-21/h6-7,18-19,21-22,30-33,37H,8-16H2,1-5H3. The molecule has 0 amide bonds. The number of benzene rings is 1. The summed E-state index contributed by atoms with van der Waals surface area (Å²) in [5.41, 5.74) is 1.58. The molecular formula is C29H44N2O6. The fraction of sp³-hybridized carbons (Fsp3) is 0.690. The second-order valence-corrected chi connectivity index (χ2v) is 12.5. The van der Waals surface area contributed by atoms with Crippen molar-refractivity contribution in [1.82, 2.24) is 5.32 Å². The number of aliphatic hydroxyl groups excluding tert-OH is 2. The third kappa shape index (κ3) is 7.39. The van der Waals surface area contributed by atoms with E-state index in [0.29, 0.717) is 30.5 Å². The van der Waals surface area contributed by atoms with Crippen molar-refractivity contribution in [2.75, 3.05) is 18.5 Å². The van der Waals surface area contributed by atoms with Gasteiger partial charge >= 0.3 is 0 Å². The minimum Gasteiger partial charge on any atom is -0.505 e. The van der Waals surface area contributed by atoms with E-state index in [9.17, 15) is 29.7 Å². The monoisotopic (exact) mass is 516 g/mol. The summed E-state index contributed by atoms with van der Waals surface area (Å²) in [5, 5.41) is 37.7. The number of rotatable bonds is 11. The van der Waals surface area contributed by atoms with Gasteiger partial charge in [-0.15, -0.1) is 0 Å². The molecule has 1 aliphatic heterocycles. The maximum Gasteiger partial charge on any atom is 0.167 e. The molecule has 0 spiro atoms. The van der Waals surface area contributed by atoms with E-state index in [-0.39, 0.29) is 71.5 Å². The molecular weight excluding hydrogens is 472 g/mol. The van der Waals surface area contributed by atoms with Crippen LogP contribution in [0.1, 0.15) is 89.1 Å². The molecule has 5 N–H and O–H groups in total. The molecule has 0 aromatic heterocycles. The van der Waals surface area contributed by atoms with Crippen molar-refractivity contribution in [2.45, 2.75) is 96.7 Å². The van der Waals surface area contributed by atoms with Crippen LogP contribution in [-0.4, -0.2) is 63.0 Å². The number of Topliss-reactive ketones (excluding diaryl/α,β-unsaturated/α-hetero) is 3. The molecule has 1 aromatic carbocycles. The van der Waals surface area contributed by atoms with Gasteiger partial charge in [-0.3, -0.25) is 14.4 Å². The van der Waals surface area contributed by atoms with Gasteiger partial charge in [-0.2, -0.15) is 0 Å². The Bertz CT molecular complexity index is 1000. The summed E-state index contributed by atoms with van der Waals surface area (Å²) in [5.74, 6) is -1.89. The highest BCUT2D eigenvalue weighted by atomic mass is 16.3. The number of hydrogen-bond acceptors (Lipinski definition) is 8. The number of carbonyl (C=O) groups is 3. The molecule has 8 heteroatoms. The highest BCUT2D eigenvalue weighted by Gasteiger charge is 2.39. The molecule has 0 saturated carbocycles. The summed E-state index contributed by atoms with van der Waals surface area (Å²) < 4.78 is 0. The van der Waals surface area contributed by atoms with Gasteiger partial charge in [0.2, 0.25) is 0 Å². The lowest BCUT2D eigenvalue weighted by Gasteiger charge is -2.47. The molecule has 1 aromatic rings. The summed E-state index contributed by atoms with van der Waals surface area (Å²) in [6.45, 7) is 9.46.